The molecule has 0 radical (unpaired) electrons. The van der Waals surface area contributed by atoms with Crippen molar-refractivity contribution in [2.75, 3.05) is 19.6 Å². The Morgan fingerprint density at radius 1 is 1.28 bits per heavy atom. The second kappa shape index (κ2) is 5.72. The Morgan fingerprint density at radius 2 is 2.06 bits per heavy atom. The average molecular weight is 252 g/mol. The standard InChI is InChI=1S/C14H24N2O2/c1-11(2)6-3-4-8-15-10-13(17)16-9-5-7-12(16)14(15)18/h11-12H,3-10H2,1-2H3. The molecule has 4 nitrogen and oxygen atoms in total. The number of carbonyl (C=O) groups excluding carboxylic acids is 2. The molecule has 2 saturated heterocycles. The molecule has 102 valence electrons. The molecule has 2 amide bonds. The van der Waals surface area contributed by atoms with Crippen LogP contribution in [0.15, 0.2) is 0 Å². The smallest absolute Gasteiger partial charge is 0.245 e. The third-order valence-corrected chi connectivity index (χ3v) is 3.96. The molecule has 1 unspecified atom stereocenters. The molecule has 0 aromatic rings. The van der Waals surface area contributed by atoms with Crippen LogP contribution in [0.5, 0.6) is 0 Å². The van der Waals surface area contributed by atoms with Crippen LogP contribution >= 0.6 is 0 Å². The zero-order valence-electron chi connectivity index (χ0n) is 11.5. The highest BCUT2D eigenvalue weighted by Gasteiger charge is 2.41. The molecule has 2 aliphatic rings. The van der Waals surface area contributed by atoms with E-state index in [1.807, 2.05) is 0 Å². The lowest BCUT2D eigenvalue weighted by atomic mass is 10.1. The minimum atomic E-state index is -0.142. The Labute approximate surface area is 109 Å². The van der Waals surface area contributed by atoms with Crippen molar-refractivity contribution in [3.05, 3.63) is 0 Å². The second-order valence-corrected chi connectivity index (χ2v) is 5.89. The second-order valence-electron chi connectivity index (χ2n) is 5.89. The molecule has 1 atom stereocenters. The summed E-state index contributed by atoms with van der Waals surface area (Å²) in [5.41, 5.74) is 0. The van der Waals surface area contributed by atoms with Gasteiger partial charge in [-0.2, -0.15) is 0 Å². The first kappa shape index (κ1) is 13.4. The lowest BCUT2D eigenvalue weighted by Crippen LogP contribution is -2.57. The van der Waals surface area contributed by atoms with Crippen molar-refractivity contribution in [1.29, 1.82) is 0 Å². The molecule has 0 spiro atoms. The van der Waals surface area contributed by atoms with E-state index < -0.39 is 0 Å². The van der Waals surface area contributed by atoms with Gasteiger partial charge in [0.25, 0.3) is 0 Å². The van der Waals surface area contributed by atoms with Gasteiger partial charge < -0.3 is 9.80 Å². The van der Waals surface area contributed by atoms with Crippen LogP contribution < -0.4 is 0 Å². The maximum atomic E-state index is 12.2. The van der Waals surface area contributed by atoms with Gasteiger partial charge >= 0.3 is 0 Å². The highest BCUT2D eigenvalue weighted by atomic mass is 16.2. The van der Waals surface area contributed by atoms with Gasteiger partial charge in [0.1, 0.15) is 6.04 Å². The van der Waals surface area contributed by atoms with Gasteiger partial charge in [0.05, 0.1) is 6.54 Å². The molecule has 0 aromatic carbocycles. The summed E-state index contributed by atoms with van der Waals surface area (Å²) in [6, 6.07) is -0.142. The predicted octanol–water partition coefficient (Wildman–Crippen LogP) is 1.65. The van der Waals surface area contributed by atoms with Crippen LogP contribution in [-0.4, -0.2) is 47.3 Å². The first-order chi connectivity index (χ1) is 8.59. The maximum absolute atomic E-state index is 12.2. The van der Waals surface area contributed by atoms with Crippen LogP contribution in [0.1, 0.15) is 46.0 Å². The summed E-state index contributed by atoms with van der Waals surface area (Å²) in [4.78, 5) is 27.7. The van der Waals surface area contributed by atoms with Crippen molar-refractivity contribution in [1.82, 2.24) is 9.80 Å². The van der Waals surface area contributed by atoms with Crippen LogP contribution in [0.3, 0.4) is 0 Å². The van der Waals surface area contributed by atoms with Crippen LogP contribution in [0, 0.1) is 5.92 Å². The van der Waals surface area contributed by atoms with Gasteiger partial charge in [-0.3, -0.25) is 9.59 Å². The van der Waals surface area contributed by atoms with E-state index in [2.05, 4.69) is 13.8 Å². The summed E-state index contributed by atoms with van der Waals surface area (Å²) in [7, 11) is 0. The monoisotopic (exact) mass is 252 g/mol. The van der Waals surface area contributed by atoms with Gasteiger partial charge in [0.2, 0.25) is 11.8 Å². The highest BCUT2D eigenvalue weighted by molar-refractivity contribution is 5.95. The van der Waals surface area contributed by atoms with Crippen LogP contribution in [-0.2, 0) is 9.59 Å². The van der Waals surface area contributed by atoms with Gasteiger partial charge in [-0.25, -0.2) is 0 Å². The summed E-state index contributed by atoms with van der Waals surface area (Å²) in [5.74, 6) is 1.03. The number of carbonyl (C=O) groups is 2. The van der Waals surface area contributed by atoms with Crippen molar-refractivity contribution in [2.24, 2.45) is 5.92 Å². The third-order valence-electron chi connectivity index (χ3n) is 3.96. The van der Waals surface area contributed by atoms with Crippen molar-refractivity contribution in [2.45, 2.75) is 52.0 Å². The van der Waals surface area contributed by atoms with E-state index in [0.717, 1.165) is 38.8 Å². The van der Waals surface area contributed by atoms with E-state index in [4.69, 9.17) is 0 Å². The zero-order valence-corrected chi connectivity index (χ0v) is 11.5. The van der Waals surface area contributed by atoms with Gasteiger partial charge in [-0.1, -0.05) is 26.7 Å². The molecule has 4 heteroatoms. The summed E-state index contributed by atoms with van der Waals surface area (Å²) < 4.78 is 0. The summed E-state index contributed by atoms with van der Waals surface area (Å²) in [5, 5.41) is 0. The van der Waals surface area contributed by atoms with E-state index in [-0.39, 0.29) is 17.9 Å². The summed E-state index contributed by atoms with van der Waals surface area (Å²) in [6.45, 7) is 6.26. The van der Waals surface area contributed by atoms with Crippen molar-refractivity contribution in [3.63, 3.8) is 0 Å². The van der Waals surface area contributed by atoms with E-state index in [1.165, 1.54) is 6.42 Å². The van der Waals surface area contributed by atoms with Crippen molar-refractivity contribution < 1.29 is 9.59 Å². The molecule has 2 heterocycles. The quantitative estimate of drug-likeness (QED) is 0.698. The minimum Gasteiger partial charge on any atom is -0.332 e. The average Bonchev–Trinajstić information content (AvgIpc) is 2.80. The molecule has 0 aromatic heterocycles. The van der Waals surface area contributed by atoms with E-state index in [1.54, 1.807) is 9.80 Å². The normalized spacial score (nSPS) is 24.1. The number of hydrogen-bond acceptors (Lipinski definition) is 2. The van der Waals surface area contributed by atoms with Gasteiger partial charge in [-0.05, 0) is 25.2 Å². The SMILES string of the molecule is CC(C)CCCCN1CC(=O)N2CCCC2C1=O. The molecule has 0 saturated carbocycles. The highest BCUT2D eigenvalue weighted by Crippen LogP contribution is 2.23. The van der Waals surface area contributed by atoms with Gasteiger partial charge in [0, 0.05) is 13.1 Å². The molecule has 2 fully saturated rings. The van der Waals surface area contributed by atoms with Crippen LogP contribution in [0.25, 0.3) is 0 Å². The predicted molar refractivity (Wildman–Crippen MR) is 70.0 cm³/mol. The van der Waals surface area contributed by atoms with Crippen LogP contribution in [0.2, 0.25) is 0 Å². The third kappa shape index (κ3) is 2.85. The lowest BCUT2D eigenvalue weighted by molar-refractivity contribution is -0.153. The number of hydrogen-bond donors (Lipinski definition) is 0. The van der Waals surface area contributed by atoms with Crippen LogP contribution in [0.4, 0.5) is 0 Å². The summed E-state index contributed by atoms with van der Waals surface area (Å²) in [6.07, 6.45) is 5.19. The minimum absolute atomic E-state index is 0.140. The number of amides is 2. The topological polar surface area (TPSA) is 40.6 Å². The number of fused-ring (bicyclic) bond motifs is 1. The van der Waals surface area contributed by atoms with Gasteiger partial charge in [-0.15, -0.1) is 0 Å². The fraction of sp³-hybridized carbons (Fsp3) is 0.857. The zero-order chi connectivity index (χ0) is 13.1. The Morgan fingerprint density at radius 3 is 2.78 bits per heavy atom. The van der Waals surface area contributed by atoms with E-state index in [9.17, 15) is 9.59 Å². The maximum Gasteiger partial charge on any atom is 0.245 e. The van der Waals surface area contributed by atoms with Crippen molar-refractivity contribution in [3.8, 4) is 0 Å². The molecular weight excluding hydrogens is 228 g/mol. The molecule has 2 aliphatic heterocycles. The Hall–Kier alpha value is -1.06. The first-order valence-corrected chi connectivity index (χ1v) is 7.18. The molecule has 0 aliphatic carbocycles. The van der Waals surface area contributed by atoms with Gasteiger partial charge in [0.15, 0.2) is 0 Å². The van der Waals surface area contributed by atoms with Crippen molar-refractivity contribution >= 4 is 11.8 Å². The van der Waals surface area contributed by atoms with E-state index >= 15 is 0 Å². The number of nitrogens with zero attached hydrogens (tertiary/aromatic N) is 2. The largest absolute Gasteiger partial charge is 0.332 e. The Bertz CT molecular complexity index is 328. The molecule has 2 rings (SSSR count). The Kier molecular flexibility index (Phi) is 4.25. The lowest BCUT2D eigenvalue weighted by Gasteiger charge is -2.36. The fourth-order valence-electron chi connectivity index (χ4n) is 2.91. The first-order valence-electron chi connectivity index (χ1n) is 7.18. The van der Waals surface area contributed by atoms with E-state index in [0.29, 0.717) is 12.5 Å². The molecular formula is C14H24N2O2. The number of rotatable bonds is 5. The fourth-order valence-corrected chi connectivity index (χ4v) is 2.91. The molecule has 0 bridgehead atoms. The number of piperazine rings is 1. The Balaban J connectivity index is 1.82. The molecule has 0 N–H and O–H groups in total. The number of unbranched alkanes of at least 4 members (excludes halogenated alkanes) is 1. The summed E-state index contributed by atoms with van der Waals surface area (Å²) >= 11 is 0. The molecule has 18 heavy (non-hydrogen) atoms.